The molecule has 3 aliphatic rings. The highest BCUT2D eigenvalue weighted by Gasteiger charge is 2.42. The first-order valence-electron chi connectivity index (χ1n) is 11.7. The molecule has 6 nitrogen and oxygen atoms in total. The van der Waals surface area contributed by atoms with Crippen LogP contribution >= 0.6 is 0 Å². The lowest BCUT2D eigenvalue weighted by Crippen LogP contribution is -2.42. The first-order chi connectivity index (χ1) is 14.6. The number of fused-ring (bicyclic) bond motifs is 1. The summed E-state index contributed by atoms with van der Waals surface area (Å²) in [7, 11) is 0. The van der Waals surface area contributed by atoms with Crippen LogP contribution in [0.15, 0.2) is 18.2 Å². The molecular formula is C24H33N3O3. The van der Waals surface area contributed by atoms with E-state index in [1.165, 1.54) is 19.3 Å². The molecule has 4 rings (SSSR count). The van der Waals surface area contributed by atoms with Crippen LogP contribution in [0.5, 0.6) is 0 Å². The van der Waals surface area contributed by atoms with E-state index in [0.29, 0.717) is 17.7 Å². The van der Waals surface area contributed by atoms with Crippen LogP contribution in [0, 0.1) is 5.92 Å². The summed E-state index contributed by atoms with van der Waals surface area (Å²) < 4.78 is 0. The summed E-state index contributed by atoms with van der Waals surface area (Å²) in [5.41, 5.74) is 1.97. The third kappa shape index (κ3) is 3.96. The largest absolute Gasteiger partial charge is 0.371 e. The number of nitrogens with one attached hydrogen (secondary N) is 1. The molecule has 3 amide bonds. The van der Waals surface area contributed by atoms with Gasteiger partial charge < -0.3 is 10.2 Å². The van der Waals surface area contributed by atoms with Crippen LogP contribution < -0.4 is 10.2 Å². The number of anilines is 1. The summed E-state index contributed by atoms with van der Waals surface area (Å²) in [6.07, 6.45) is 9.16. The van der Waals surface area contributed by atoms with E-state index < -0.39 is 0 Å². The fourth-order valence-corrected chi connectivity index (χ4v) is 5.27. The van der Waals surface area contributed by atoms with Gasteiger partial charge in [-0.1, -0.05) is 38.2 Å². The first kappa shape index (κ1) is 20.9. The summed E-state index contributed by atoms with van der Waals surface area (Å²) in [6, 6.07) is 5.66. The third-order valence-corrected chi connectivity index (χ3v) is 6.92. The van der Waals surface area contributed by atoms with Gasteiger partial charge in [0.1, 0.15) is 0 Å². The van der Waals surface area contributed by atoms with E-state index in [4.69, 9.17) is 0 Å². The van der Waals surface area contributed by atoms with Gasteiger partial charge in [0, 0.05) is 31.6 Å². The smallest absolute Gasteiger partial charge is 0.263 e. The lowest BCUT2D eigenvalue weighted by atomic mass is 9.94. The van der Waals surface area contributed by atoms with Crippen LogP contribution in [0.25, 0.3) is 0 Å². The van der Waals surface area contributed by atoms with Crippen LogP contribution in [-0.2, 0) is 4.79 Å². The number of hydrogen-bond donors (Lipinski definition) is 1. The zero-order chi connectivity index (χ0) is 21.1. The molecule has 1 aromatic rings. The monoisotopic (exact) mass is 411 g/mol. The van der Waals surface area contributed by atoms with Gasteiger partial charge in [-0.2, -0.15) is 0 Å². The minimum absolute atomic E-state index is 0.0222. The number of hydrogen-bond acceptors (Lipinski definition) is 4. The molecule has 162 valence electrons. The second kappa shape index (κ2) is 9.19. The Morgan fingerprint density at radius 2 is 1.63 bits per heavy atom. The topological polar surface area (TPSA) is 69.7 Å². The van der Waals surface area contributed by atoms with Crippen molar-refractivity contribution in [2.75, 3.05) is 24.5 Å². The van der Waals surface area contributed by atoms with Gasteiger partial charge in [-0.15, -0.1) is 0 Å². The van der Waals surface area contributed by atoms with E-state index in [0.717, 1.165) is 57.3 Å². The van der Waals surface area contributed by atoms with Gasteiger partial charge in [0.05, 0.1) is 16.8 Å². The number of piperidine rings is 1. The Morgan fingerprint density at radius 3 is 2.30 bits per heavy atom. The molecule has 6 heteroatoms. The molecule has 2 fully saturated rings. The summed E-state index contributed by atoms with van der Waals surface area (Å²) in [5.74, 6) is -0.0967. The quantitative estimate of drug-likeness (QED) is 0.766. The Morgan fingerprint density at radius 1 is 0.967 bits per heavy atom. The van der Waals surface area contributed by atoms with E-state index in [-0.39, 0.29) is 29.7 Å². The van der Waals surface area contributed by atoms with Crippen molar-refractivity contribution in [2.45, 2.75) is 70.8 Å². The normalized spacial score (nSPS) is 21.4. The van der Waals surface area contributed by atoms with E-state index in [1.54, 1.807) is 11.0 Å². The van der Waals surface area contributed by atoms with Crippen molar-refractivity contribution in [2.24, 2.45) is 5.92 Å². The minimum Gasteiger partial charge on any atom is -0.371 e. The highest BCUT2D eigenvalue weighted by Crippen LogP contribution is 2.36. The Kier molecular flexibility index (Phi) is 6.40. The zero-order valence-electron chi connectivity index (χ0n) is 18.0. The van der Waals surface area contributed by atoms with Gasteiger partial charge in [0.2, 0.25) is 5.91 Å². The van der Waals surface area contributed by atoms with Crippen LogP contribution in [0.1, 0.15) is 85.4 Å². The molecule has 30 heavy (non-hydrogen) atoms. The van der Waals surface area contributed by atoms with E-state index in [9.17, 15) is 14.4 Å². The maximum atomic E-state index is 13.4. The summed E-state index contributed by atoms with van der Waals surface area (Å²) >= 11 is 0. The molecule has 0 aromatic heterocycles. The number of amides is 3. The average Bonchev–Trinajstić information content (AvgIpc) is 2.99. The van der Waals surface area contributed by atoms with Crippen molar-refractivity contribution in [3.63, 3.8) is 0 Å². The SMILES string of the molecule is CCNC(=O)C1CCN(c2cccc3c2C(=O)N(C2CCCCCCC2)C3=O)CC1. The molecule has 2 heterocycles. The predicted octanol–water partition coefficient (Wildman–Crippen LogP) is 3.75. The standard InChI is InChI=1S/C24H33N3O3/c1-2-25-22(28)17-13-15-26(16-14-17)20-12-8-11-19-21(20)24(30)27(23(19)29)18-9-6-4-3-5-7-10-18/h8,11-12,17-18H,2-7,9-10,13-16H2,1H3,(H,25,28). The number of rotatable bonds is 4. The van der Waals surface area contributed by atoms with Crippen LogP contribution in [0.4, 0.5) is 5.69 Å². The van der Waals surface area contributed by atoms with Crippen LogP contribution in [0.3, 0.4) is 0 Å². The van der Waals surface area contributed by atoms with Gasteiger partial charge >= 0.3 is 0 Å². The summed E-state index contributed by atoms with van der Waals surface area (Å²) in [4.78, 5) is 42.5. The summed E-state index contributed by atoms with van der Waals surface area (Å²) in [6.45, 7) is 4.04. The third-order valence-electron chi connectivity index (χ3n) is 6.92. The molecular weight excluding hydrogens is 378 g/mol. The molecule has 1 saturated heterocycles. The Hall–Kier alpha value is -2.37. The molecule has 1 N–H and O–H groups in total. The number of carbonyl (C=O) groups is 3. The highest BCUT2D eigenvalue weighted by molar-refractivity contribution is 6.24. The van der Waals surface area contributed by atoms with Crippen molar-refractivity contribution in [3.8, 4) is 0 Å². The van der Waals surface area contributed by atoms with E-state index in [2.05, 4.69) is 10.2 Å². The Bertz CT molecular complexity index is 806. The van der Waals surface area contributed by atoms with Gasteiger partial charge in [-0.05, 0) is 44.7 Å². The second-order valence-corrected chi connectivity index (χ2v) is 8.83. The van der Waals surface area contributed by atoms with Crippen molar-refractivity contribution in [1.29, 1.82) is 0 Å². The van der Waals surface area contributed by atoms with E-state index >= 15 is 0 Å². The van der Waals surface area contributed by atoms with Crippen LogP contribution in [-0.4, -0.2) is 48.3 Å². The molecule has 0 bridgehead atoms. The lowest BCUT2D eigenvalue weighted by Gasteiger charge is -2.34. The number of imide groups is 1. The second-order valence-electron chi connectivity index (χ2n) is 8.83. The summed E-state index contributed by atoms with van der Waals surface area (Å²) in [5, 5.41) is 2.91. The Labute approximate surface area is 179 Å². The number of carbonyl (C=O) groups excluding carboxylic acids is 3. The molecule has 0 unspecified atom stereocenters. The highest BCUT2D eigenvalue weighted by atomic mass is 16.2. The molecule has 0 atom stereocenters. The molecule has 2 aliphatic heterocycles. The van der Waals surface area contributed by atoms with Crippen LogP contribution in [0.2, 0.25) is 0 Å². The van der Waals surface area contributed by atoms with Gasteiger partial charge in [-0.3, -0.25) is 19.3 Å². The molecule has 0 spiro atoms. The van der Waals surface area contributed by atoms with Crippen molar-refractivity contribution in [3.05, 3.63) is 29.3 Å². The molecule has 1 saturated carbocycles. The van der Waals surface area contributed by atoms with Gasteiger partial charge in [0.25, 0.3) is 11.8 Å². The fourth-order valence-electron chi connectivity index (χ4n) is 5.27. The minimum atomic E-state index is -0.125. The predicted molar refractivity (Wildman–Crippen MR) is 117 cm³/mol. The van der Waals surface area contributed by atoms with Crippen molar-refractivity contribution < 1.29 is 14.4 Å². The Balaban J connectivity index is 1.53. The number of benzene rings is 1. The van der Waals surface area contributed by atoms with Crippen molar-refractivity contribution >= 4 is 23.4 Å². The lowest BCUT2D eigenvalue weighted by molar-refractivity contribution is -0.125. The maximum Gasteiger partial charge on any atom is 0.263 e. The van der Waals surface area contributed by atoms with Gasteiger partial charge in [-0.25, -0.2) is 0 Å². The maximum absolute atomic E-state index is 13.4. The molecule has 1 aliphatic carbocycles. The van der Waals surface area contributed by atoms with Gasteiger partial charge in [0.15, 0.2) is 0 Å². The van der Waals surface area contributed by atoms with E-state index in [1.807, 2.05) is 19.1 Å². The van der Waals surface area contributed by atoms with Crippen molar-refractivity contribution in [1.82, 2.24) is 10.2 Å². The molecule has 0 radical (unpaired) electrons. The molecule has 1 aromatic carbocycles. The first-order valence-corrected chi connectivity index (χ1v) is 11.7. The zero-order valence-corrected chi connectivity index (χ0v) is 18.0. The fraction of sp³-hybridized carbons (Fsp3) is 0.625. The number of nitrogens with zero attached hydrogens (tertiary/aromatic N) is 2. The average molecular weight is 412 g/mol.